The first-order chi connectivity index (χ1) is 8.95. The Balaban J connectivity index is 1.92. The number of hydrogen-bond acceptors (Lipinski definition) is 2. The first-order valence-electron chi connectivity index (χ1n) is 6.79. The standard InChI is InChI=1S/C15H21ClN2O/c1-9(2)11-6-13(7-11)18-12-4-5-15(14(16)8-12)17-10(3)19/h4-5,8-9,11,13,18H,6-7H2,1-3H3,(H,17,19). The first kappa shape index (κ1) is 14.2. The molecule has 1 amide bonds. The molecule has 1 fully saturated rings. The molecular weight excluding hydrogens is 260 g/mol. The average Bonchev–Trinajstić information content (AvgIpc) is 2.25. The predicted molar refractivity (Wildman–Crippen MR) is 80.7 cm³/mol. The van der Waals surface area contributed by atoms with Crippen molar-refractivity contribution >= 4 is 28.9 Å². The van der Waals surface area contributed by atoms with Crippen molar-refractivity contribution in [3.05, 3.63) is 23.2 Å². The van der Waals surface area contributed by atoms with Gasteiger partial charge in [-0.3, -0.25) is 4.79 Å². The maximum atomic E-state index is 11.0. The monoisotopic (exact) mass is 280 g/mol. The van der Waals surface area contributed by atoms with Gasteiger partial charge in [0.2, 0.25) is 5.91 Å². The molecule has 0 saturated heterocycles. The van der Waals surface area contributed by atoms with Crippen molar-refractivity contribution in [3.8, 4) is 0 Å². The molecular formula is C15H21ClN2O. The number of hydrogen-bond donors (Lipinski definition) is 2. The lowest BCUT2D eigenvalue weighted by atomic mass is 9.73. The number of carbonyl (C=O) groups excluding carboxylic acids is 1. The minimum atomic E-state index is -0.110. The molecule has 1 aromatic rings. The van der Waals surface area contributed by atoms with E-state index >= 15 is 0 Å². The minimum absolute atomic E-state index is 0.110. The van der Waals surface area contributed by atoms with Gasteiger partial charge in [0.15, 0.2) is 0 Å². The molecule has 0 bridgehead atoms. The predicted octanol–water partition coefficient (Wildman–Crippen LogP) is 4.14. The number of amides is 1. The van der Waals surface area contributed by atoms with Crippen LogP contribution >= 0.6 is 11.6 Å². The molecule has 1 saturated carbocycles. The fourth-order valence-corrected chi connectivity index (χ4v) is 2.68. The van der Waals surface area contributed by atoms with Gasteiger partial charge in [0.05, 0.1) is 10.7 Å². The van der Waals surface area contributed by atoms with Crippen molar-refractivity contribution in [2.24, 2.45) is 11.8 Å². The van der Waals surface area contributed by atoms with Crippen molar-refractivity contribution in [2.75, 3.05) is 10.6 Å². The second-order valence-electron chi connectivity index (χ2n) is 5.69. The Hall–Kier alpha value is -1.22. The Kier molecular flexibility index (Phi) is 4.35. The van der Waals surface area contributed by atoms with Crippen LogP contribution in [0, 0.1) is 11.8 Å². The van der Waals surface area contributed by atoms with Crippen LogP contribution in [0.1, 0.15) is 33.6 Å². The molecule has 0 aromatic heterocycles. The summed E-state index contributed by atoms with van der Waals surface area (Å²) in [6, 6.07) is 6.22. The number of nitrogens with one attached hydrogen (secondary N) is 2. The van der Waals surface area contributed by atoms with Gasteiger partial charge in [-0.1, -0.05) is 25.4 Å². The van der Waals surface area contributed by atoms with Crippen LogP contribution < -0.4 is 10.6 Å². The Morgan fingerprint density at radius 3 is 2.58 bits per heavy atom. The van der Waals surface area contributed by atoms with E-state index < -0.39 is 0 Å². The smallest absolute Gasteiger partial charge is 0.221 e. The summed E-state index contributed by atoms with van der Waals surface area (Å²) in [7, 11) is 0. The maximum absolute atomic E-state index is 11.0. The van der Waals surface area contributed by atoms with Crippen LogP contribution in [-0.4, -0.2) is 11.9 Å². The summed E-state index contributed by atoms with van der Waals surface area (Å²) in [4.78, 5) is 11.0. The van der Waals surface area contributed by atoms with E-state index in [0.717, 1.165) is 17.5 Å². The molecule has 104 valence electrons. The number of anilines is 2. The van der Waals surface area contributed by atoms with E-state index in [1.807, 2.05) is 18.2 Å². The quantitative estimate of drug-likeness (QED) is 0.870. The fourth-order valence-electron chi connectivity index (χ4n) is 2.46. The van der Waals surface area contributed by atoms with E-state index in [2.05, 4.69) is 24.5 Å². The van der Waals surface area contributed by atoms with Gasteiger partial charge in [0.25, 0.3) is 0 Å². The zero-order valence-electron chi connectivity index (χ0n) is 11.7. The highest BCUT2D eigenvalue weighted by Gasteiger charge is 2.30. The van der Waals surface area contributed by atoms with Crippen LogP contribution in [0.5, 0.6) is 0 Å². The second-order valence-corrected chi connectivity index (χ2v) is 6.10. The highest BCUT2D eigenvalue weighted by atomic mass is 35.5. The minimum Gasteiger partial charge on any atom is -0.382 e. The van der Waals surface area contributed by atoms with Crippen molar-refractivity contribution in [2.45, 2.75) is 39.7 Å². The molecule has 0 spiro atoms. The van der Waals surface area contributed by atoms with Crippen molar-refractivity contribution < 1.29 is 4.79 Å². The average molecular weight is 281 g/mol. The van der Waals surface area contributed by atoms with Crippen LogP contribution in [0.4, 0.5) is 11.4 Å². The summed E-state index contributed by atoms with van der Waals surface area (Å²) >= 11 is 6.14. The number of halogens is 1. The molecule has 0 unspecified atom stereocenters. The summed E-state index contributed by atoms with van der Waals surface area (Å²) in [5.74, 6) is 1.50. The highest BCUT2D eigenvalue weighted by molar-refractivity contribution is 6.34. The van der Waals surface area contributed by atoms with Gasteiger partial charge in [-0.25, -0.2) is 0 Å². The van der Waals surface area contributed by atoms with E-state index in [0.29, 0.717) is 16.8 Å². The zero-order valence-corrected chi connectivity index (χ0v) is 12.4. The van der Waals surface area contributed by atoms with Crippen LogP contribution in [0.15, 0.2) is 18.2 Å². The van der Waals surface area contributed by atoms with Crippen LogP contribution in [0.2, 0.25) is 5.02 Å². The van der Waals surface area contributed by atoms with Gasteiger partial charge in [-0.2, -0.15) is 0 Å². The van der Waals surface area contributed by atoms with E-state index in [9.17, 15) is 4.79 Å². The third-order valence-electron chi connectivity index (χ3n) is 3.77. The summed E-state index contributed by atoms with van der Waals surface area (Å²) in [6.07, 6.45) is 2.45. The van der Waals surface area contributed by atoms with Gasteiger partial charge >= 0.3 is 0 Å². The Bertz CT molecular complexity index is 467. The molecule has 4 heteroatoms. The second kappa shape index (κ2) is 5.83. The van der Waals surface area contributed by atoms with Crippen LogP contribution in [-0.2, 0) is 4.79 Å². The number of carbonyl (C=O) groups is 1. The topological polar surface area (TPSA) is 41.1 Å². The molecule has 2 N–H and O–H groups in total. The lowest BCUT2D eigenvalue weighted by molar-refractivity contribution is -0.114. The van der Waals surface area contributed by atoms with Crippen LogP contribution in [0.25, 0.3) is 0 Å². The van der Waals surface area contributed by atoms with E-state index in [1.165, 1.54) is 19.8 Å². The third-order valence-corrected chi connectivity index (χ3v) is 4.08. The Labute approximate surface area is 119 Å². The van der Waals surface area contributed by atoms with Crippen molar-refractivity contribution in [1.29, 1.82) is 0 Å². The van der Waals surface area contributed by atoms with Gasteiger partial charge in [-0.15, -0.1) is 0 Å². The molecule has 0 aliphatic heterocycles. The summed E-state index contributed by atoms with van der Waals surface area (Å²) in [6.45, 7) is 6.03. The lowest BCUT2D eigenvalue weighted by Gasteiger charge is -2.39. The van der Waals surface area contributed by atoms with Gasteiger partial charge < -0.3 is 10.6 Å². The lowest BCUT2D eigenvalue weighted by Crippen LogP contribution is -2.37. The van der Waals surface area contributed by atoms with Crippen molar-refractivity contribution in [1.82, 2.24) is 0 Å². The molecule has 0 atom stereocenters. The molecule has 1 aliphatic rings. The SMILES string of the molecule is CC(=O)Nc1ccc(NC2CC(C(C)C)C2)cc1Cl. The normalized spacial score (nSPS) is 21.9. The molecule has 3 nitrogen and oxygen atoms in total. The highest BCUT2D eigenvalue weighted by Crippen LogP contribution is 2.36. The summed E-state index contributed by atoms with van der Waals surface area (Å²) in [5, 5.41) is 6.76. The summed E-state index contributed by atoms with van der Waals surface area (Å²) < 4.78 is 0. The van der Waals surface area contributed by atoms with Gasteiger partial charge in [-0.05, 0) is 42.9 Å². The van der Waals surface area contributed by atoms with E-state index in [-0.39, 0.29) is 5.91 Å². The Morgan fingerprint density at radius 2 is 2.05 bits per heavy atom. The molecule has 0 heterocycles. The molecule has 1 aliphatic carbocycles. The molecule has 2 rings (SSSR count). The van der Waals surface area contributed by atoms with Crippen molar-refractivity contribution in [3.63, 3.8) is 0 Å². The van der Waals surface area contributed by atoms with E-state index in [1.54, 1.807) is 0 Å². The zero-order chi connectivity index (χ0) is 14.0. The molecule has 0 radical (unpaired) electrons. The molecule has 1 aromatic carbocycles. The summed E-state index contributed by atoms with van der Waals surface area (Å²) in [5.41, 5.74) is 1.68. The van der Waals surface area contributed by atoms with E-state index in [4.69, 9.17) is 11.6 Å². The maximum Gasteiger partial charge on any atom is 0.221 e. The largest absolute Gasteiger partial charge is 0.382 e. The Morgan fingerprint density at radius 1 is 1.37 bits per heavy atom. The van der Waals surface area contributed by atoms with Crippen LogP contribution in [0.3, 0.4) is 0 Å². The number of rotatable bonds is 4. The fraction of sp³-hybridized carbons (Fsp3) is 0.533. The number of benzene rings is 1. The third kappa shape index (κ3) is 3.63. The van der Waals surface area contributed by atoms with Gasteiger partial charge in [0, 0.05) is 18.7 Å². The first-order valence-corrected chi connectivity index (χ1v) is 7.17. The molecule has 19 heavy (non-hydrogen) atoms. The van der Waals surface area contributed by atoms with Gasteiger partial charge in [0.1, 0.15) is 0 Å².